The minimum absolute atomic E-state index is 0.488. The summed E-state index contributed by atoms with van der Waals surface area (Å²) in [4.78, 5) is 0. The van der Waals surface area contributed by atoms with Gasteiger partial charge in [0.1, 0.15) is 0 Å². The Balaban J connectivity index is 1.45. The van der Waals surface area contributed by atoms with Crippen molar-refractivity contribution in [1.29, 1.82) is 0 Å². The Hall–Kier alpha value is -0.0800. The van der Waals surface area contributed by atoms with E-state index in [4.69, 9.17) is 4.74 Å². The minimum Gasteiger partial charge on any atom is -0.381 e. The second kappa shape index (κ2) is 6.13. The zero-order valence-corrected chi connectivity index (χ0v) is 12.6. The fraction of sp³-hybridized carbons (Fsp3) is 1.00. The van der Waals surface area contributed by atoms with Crippen molar-refractivity contribution in [2.45, 2.75) is 70.8 Å². The first-order valence-electron chi connectivity index (χ1n) is 8.56. The maximum Gasteiger partial charge on any atom is 0.0471 e. The number of hydrogen-bond acceptors (Lipinski definition) is 2. The first-order chi connectivity index (χ1) is 9.25. The first-order valence-corrected chi connectivity index (χ1v) is 8.56. The fourth-order valence-electron chi connectivity index (χ4n) is 4.49. The van der Waals surface area contributed by atoms with Gasteiger partial charge >= 0.3 is 0 Å². The van der Waals surface area contributed by atoms with Crippen LogP contribution in [0.1, 0.15) is 64.7 Å². The lowest BCUT2D eigenvalue weighted by Crippen LogP contribution is -2.44. The molecule has 0 aromatic carbocycles. The summed E-state index contributed by atoms with van der Waals surface area (Å²) in [7, 11) is 0. The molecule has 2 nitrogen and oxygen atoms in total. The maximum absolute atomic E-state index is 5.50. The highest BCUT2D eigenvalue weighted by Gasteiger charge is 2.33. The van der Waals surface area contributed by atoms with E-state index in [0.717, 1.165) is 31.1 Å². The molecule has 2 aliphatic carbocycles. The van der Waals surface area contributed by atoms with Crippen LogP contribution in [0.2, 0.25) is 0 Å². The smallest absolute Gasteiger partial charge is 0.0471 e. The average molecular weight is 265 g/mol. The van der Waals surface area contributed by atoms with Gasteiger partial charge in [0.05, 0.1) is 0 Å². The van der Waals surface area contributed by atoms with E-state index in [2.05, 4.69) is 12.2 Å². The summed E-state index contributed by atoms with van der Waals surface area (Å²) in [6.07, 6.45) is 12.9. The Kier molecular flexibility index (Phi) is 4.48. The van der Waals surface area contributed by atoms with E-state index < -0.39 is 0 Å². The van der Waals surface area contributed by atoms with Gasteiger partial charge in [0.15, 0.2) is 0 Å². The Labute approximate surface area is 118 Å². The van der Waals surface area contributed by atoms with Crippen molar-refractivity contribution in [2.24, 2.45) is 17.3 Å². The molecule has 2 saturated carbocycles. The summed E-state index contributed by atoms with van der Waals surface area (Å²) in [5.41, 5.74) is 0.488. The van der Waals surface area contributed by atoms with Gasteiger partial charge in [0, 0.05) is 25.8 Å². The van der Waals surface area contributed by atoms with Crippen LogP contribution in [0.3, 0.4) is 0 Å². The number of fused-ring (bicyclic) bond motifs is 1. The molecule has 1 saturated heterocycles. The summed E-state index contributed by atoms with van der Waals surface area (Å²) in [5, 5.41) is 3.91. The summed E-state index contributed by atoms with van der Waals surface area (Å²) in [5.74, 6) is 2.12. The van der Waals surface area contributed by atoms with Gasteiger partial charge in [-0.25, -0.2) is 0 Å². The molecule has 3 unspecified atom stereocenters. The van der Waals surface area contributed by atoms with Gasteiger partial charge in [-0.2, -0.15) is 0 Å². The monoisotopic (exact) mass is 265 g/mol. The molecule has 3 rings (SSSR count). The minimum atomic E-state index is 0.488. The van der Waals surface area contributed by atoms with Crippen LogP contribution in [0.5, 0.6) is 0 Å². The molecular weight excluding hydrogens is 234 g/mol. The highest BCUT2D eigenvalue weighted by Crippen LogP contribution is 2.40. The van der Waals surface area contributed by atoms with Gasteiger partial charge in [-0.05, 0) is 49.4 Å². The molecular formula is C17H31NO. The summed E-state index contributed by atoms with van der Waals surface area (Å²) in [6, 6.07) is 0.805. The van der Waals surface area contributed by atoms with E-state index in [1.165, 1.54) is 64.3 Å². The lowest BCUT2D eigenvalue weighted by atomic mass is 9.69. The van der Waals surface area contributed by atoms with Crippen LogP contribution in [-0.2, 0) is 4.74 Å². The topological polar surface area (TPSA) is 21.3 Å². The molecule has 1 N–H and O–H groups in total. The third kappa shape index (κ3) is 3.52. The van der Waals surface area contributed by atoms with E-state index in [-0.39, 0.29) is 0 Å². The van der Waals surface area contributed by atoms with E-state index in [1.807, 2.05) is 0 Å². The fourth-order valence-corrected chi connectivity index (χ4v) is 4.49. The van der Waals surface area contributed by atoms with Crippen LogP contribution < -0.4 is 5.32 Å². The van der Waals surface area contributed by atoms with Gasteiger partial charge in [-0.15, -0.1) is 0 Å². The molecule has 2 heteroatoms. The molecule has 1 heterocycles. The van der Waals surface area contributed by atoms with Crippen molar-refractivity contribution in [2.75, 3.05) is 19.8 Å². The zero-order chi connectivity index (χ0) is 13.1. The predicted molar refractivity (Wildman–Crippen MR) is 79.2 cm³/mol. The van der Waals surface area contributed by atoms with Gasteiger partial charge in [0.2, 0.25) is 0 Å². The Morgan fingerprint density at radius 3 is 2.53 bits per heavy atom. The molecule has 0 aromatic heterocycles. The standard InChI is InChI=1S/C17H31NO/c1-17(8-10-19-11-9-17)13-18-16-7-6-14-4-2-3-5-15(14)12-16/h14-16,18H,2-13H2,1H3. The predicted octanol–water partition coefficient (Wildman–Crippen LogP) is 3.75. The second-order valence-corrected chi connectivity index (χ2v) is 7.62. The molecule has 0 bridgehead atoms. The second-order valence-electron chi connectivity index (χ2n) is 7.62. The molecule has 3 atom stereocenters. The van der Waals surface area contributed by atoms with Crippen molar-refractivity contribution < 1.29 is 4.74 Å². The van der Waals surface area contributed by atoms with Crippen molar-refractivity contribution in [3.63, 3.8) is 0 Å². The third-order valence-electron chi connectivity index (χ3n) is 6.06. The zero-order valence-electron chi connectivity index (χ0n) is 12.6. The van der Waals surface area contributed by atoms with Gasteiger partial charge < -0.3 is 10.1 Å². The van der Waals surface area contributed by atoms with Crippen LogP contribution >= 0.6 is 0 Å². The van der Waals surface area contributed by atoms with E-state index in [0.29, 0.717) is 5.41 Å². The summed E-state index contributed by atoms with van der Waals surface area (Å²) < 4.78 is 5.50. The Morgan fingerprint density at radius 2 is 1.74 bits per heavy atom. The number of nitrogens with one attached hydrogen (secondary N) is 1. The van der Waals surface area contributed by atoms with E-state index >= 15 is 0 Å². The SMILES string of the molecule is CC1(CNC2CCC3CCCCC3C2)CCOCC1. The van der Waals surface area contributed by atoms with Gasteiger partial charge in [0.25, 0.3) is 0 Å². The summed E-state index contributed by atoms with van der Waals surface area (Å²) in [6.45, 7) is 5.58. The highest BCUT2D eigenvalue weighted by molar-refractivity contribution is 4.88. The largest absolute Gasteiger partial charge is 0.381 e. The lowest BCUT2D eigenvalue weighted by molar-refractivity contribution is 0.0207. The van der Waals surface area contributed by atoms with Crippen LogP contribution in [0.4, 0.5) is 0 Å². The molecule has 0 radical (unpaired) electrons. The van der Waals surface area contributed by atoms with Crippen LogP contribution in [0.15, 0.2) is 0 Å². The molecule has 3 fully saturated rings. The summed E-state index contributed by atoms with van der Waals surface area (Å²) >= 11 is 0. The first kappa shape index (κ1) is 13.9. The van der Waals surface area contributed by atoms with Crippen LogP contribution in [-0.4, -0.2) is 25.8 Å². The van der Waals surface area contributed by atoms with Crippen LogP contribution in [0, 0.1) is 17.3 Å². The van der Waals surface area contributed by atoms with E-state index in [1.54, 1.807) is 0 Å². The lowest BCUT2D eigenvalue weighted by Gasteiger charge is -2.41. The van der Waals surface area contributed by atoms with Gasteiger partial charge in [-0.3, -0.25) is 0 Å². The molecule has 110 valence electrons. The van der Waals surface area contributed by atoms with Crippen molar-refractivity contribution in [1.82, 2.24) is 5.32 Å². The molecule has 19 heavy (non-hydrogen) atoms. The molecule has 1 aliphatic heterocycles. The molecule has 0 spiro atoms. The average Bonchev–Trinajstić information content (AvgIpc) is 2.46. The normalized spacial score (nSPS) is 38.7. The van der Waals surface area contributed by atoms with Crippen molar-refractivity contribution in [3.8, 4) is 0 Å². The molecule has 0 aromatic rings. The Morgan fingerprint density at radius 1 is 1.00 bits per heavy atom. The van der Waals surface area contributed by atoms with Crippen molar-refractivity contribution >= 4 is 0 Å². The quantitative estimate of drug-likeness (QED) is 0.839. The molecule has 0 amide bonds. The number of ether oxygens (including phenoxy) is 1. The highest BCUT2D eigenvalue weighted by atomic mass is 16.5. The van der Waals surface area contributed by atoms with Crippen LogP contribution in [0.25, 0.3) is 0 Å². The third-order valence-corrected chi connectivity index (χ3v) is 6.06. The van der Waals surface area contributed by atoms with Gasteiger partial charge in [-0.1, -0.05) is 32.6 Å². The Bertz CT molecular complexity index is 285. The number of hydrogen-bond donors (Lipinski definition) is 1. The van der Waals surface area contributed by atoms with E-state index in [9.17, 15) is 0 Å². The maximum atomic E-state index is 5.50. The number of rotatable bonds is 3. The van der Waals surface area contributed by atoms with Crippen molar-refractivity contribution in [3.05, 3.63) is 0 Å². The molecule has 3 aliphatic rings.